The molecule has 8 nitrogen and oxygen atoms in total. The summed E-state index contributed by atoms with van der Waals surface area (Å²) in [6.45, 7) is 10.5. The monoisotopic (exact) mass is 538 g/mol. The van der Waals surface area contributed by atoms with Gasteiger partial charge in [-0.1, -0.05) is 44.7 Å². The van der Waals surface area contributed by atoms with Crippen LogP contribution >= 0.6 is 0 Å². The second-order valence-electron chi connectivity index (χ2n) is 9.33. The highest BCUT2D eigenvalue weighted by Crippen LogP contribution is 2.52. The summed E-state index contributed by atoms with van der Waals surface area (Å²) in [6.07, 6.45) is 2.26. The number of esters is 2. The predicted molar refractivity (Wildman–Crippen MR) is 148 cm³/mol. The fourth-order valence-electron chi connectivity index (χ4n) is 4.22. The third-order valence-corrected chi connectivity index (χ3v) is 6.42. The molecule has 0 bridgehead atoms. The summed E-state index contributed by atoms with van der Waals surface area (Å²) in [6, 6.07) is 14.0. The van der Waals surface area contributed by atoms with Gasteiger partial charge in [0.1, 0.15) is 37.9 Å². The molecule has 0 saturated heterocycles. The molecule has 1 aliphatic carbocycles. The molecule has 39 heavy (non-hydrogen) atoms. The number of rotatable bonds is 17. The predicted octanol–water partition coefficient (Wildman–Crippen LogP) is 5.12. The van der Waals surface area contributed by atoms with Crippen LogP contribution in [0.2, 0.25) is 0 Å². The minimum Gasteiger partial charge on any atom is -0.490 e. The van der Waals surface area contributed by atoms with Crippen molar-refractivity contribution in [2.75, 3.05) is 53.9 Å². The zero-order valence-corrected chi connectivity index (χ0v) is 23.0. The summed E-state index contributed by atoms with van der Waals surface area (Å²) in [4.78, 5) is 23.6. The van der Waals surface area contributed by atoms with Crippen molar-refractivity contribution in [2.45, 2.75) is 25.7 Å². The van der Waals surface area contributed by atoms with Crippen LogP contribution < -0.4 is 9.47 Å². The lowest BCUT2D eigenvalue weighted by molar-refractivity contribution is -0.141. The lowest BCUT2D eigenvalue weighted by Crippen LogP contribution is -2.16. The molecule has 210 valence electrons. The number of hydrogen-bond donors (Lipinski definition) is 0. The molecule has 2 aromatic carbocycles. The number of carbonyl (C=O) groups is 2. The molecule has 0 amide bonds. The van der Waals surface area contributed by atoms with E-state index in [0.29, 0.717) is 17.6 Å². The fraction of sp³-hybridized carbons (Fsp3) is 0.419. The minimum absolute atomic E-state index is 0.120. The first-order valence-electron chi connectivity index (χ1n) is 13.1. The van der Waals surface area contributed by atoms with Gasteiger partial charge in [0.2, 0.25) is 0 Å². The highest BCUT2D eigenvalue weighted by Gasteiger charge is 2.38. The Morgan fingerprint density at radius 2 is 1.36 bits per heavy atom. The molecule has 0 aliphatic heterocycles. The van der Waals surface area contributed by atoms with Crippen LogP contribution in [0.5, 0.6) is 11.5 Å². The summed E-state index contributed by atoms with van der Waals surface area (Å²) >= 11 is 0. The van der Waals surface area contributed by atoms with Crippen LogP contribution in [0.3, 0.4) is 0 Å². The van der Waals surface area contributed by atoms with Crippen molar-refractivity contribution in [3.63, 3.8) is 0 Å². The Morgan fingerprint density at radius 3 is 1.90 bits per heavy atom. The third-order valence-electron chi connectivity index (χ3n) is 6.42. The van der Waals surface area contributed by atoms with E-state index in [1.54, 1.807) is 0 Å². The summed E-state index contributed by atoms with van der Waals surface area (Å²) in [5.74, 6) is 1.63. The molecule has 3 rings (SSSR count). The van der Waals surface area contributed by atoms with E-state index in [2.05, 4.69) is 26.1 Å². The SMILES string of the molecule is C=C(COC)C(=O)OCCOc1ccc(-c2ccc(OCCOC(=O)C(=C)COC)c(C3CC3CC)c2)cc1. The molecule has 1 aliphatic rings. The maximum absolute atomic E-state index is 11.9. The number of methoxy groups -OCH3 is 2. The molecule has 2 aromatic rings. The maximum atomic E-state index is 11.9. The third kappa shape index (κ3) is 8.97. The number of carbonyl (C=O) groups excluding carboxylic acids is 2. The van der Waals surface area contributed by atoms with Gasteiger partial charge < -0.3 is 28.4 Å². The Bertz CT molecular complexity index is 1140. The number of benzene rings is 2. The second-order valence-corrected chi connectivity index (χ2v) is 9.33. The molecule has 2 unspecified atom stereocenters. The van der Waals surface area contributed by atoms with Gasteiger partial charge in [-0.3, -0.25) is 0 Å². The van der Waals surface area contributed by atoms with E-state index >= 15 is 0 Å². The van der Waals surface area contributed by atoms with Crippen molar-refractivity contribution < 1.29 is 38.0 Å². The smallest absolute Gasteiger partial charge is 0.335 e. The van der Waals surface area contributed by atoms with Gasteiger partial charge in [-0.05, 0) is 59.2 Å². The van der Waals surface area contributed by atoms with Crippen LogP contribution in [0, 0.1) is 5.92 Å². The van der Waals surface area contributed by atoms with Crippen LogP contribution in [-0.4, -0.2) is 65.8 Å². The highest BCUT2D eigenvalue weighted by atomic mass is 16.6. The van der Waals surface area contributed by atoms with Crippen molar-refractivity contribution in [2.24, 2.45) is 5.92 Å². The van der Waals surface area contributed by atoms with Gasteiger partial charge in [-0.25, -0.2) is 9.59 Å². The van der Waals surface area contributed by atoms with Crippen molar-refractivity contribution in [1.29, 1.82) is 0 Å². The Hall–Kier alpha value is -3.62. The van der Waals surface area contributed by atoms with Crippen molar-refractivity contribution in [3.05, 3.63) is 72.3 Å². The van der Waals surface area contributed by atoms with Gasteiger partial charge >= 0.3 is 11.9 Å². The number of ether oxygens (including phenoxy) is 6. The van der Waals surface area contributed by atoms with Gasteiger partial charge in [0.25, 0.3) is 0 Å². The molecule has 1 saturated carbocycles. The Labute approximate surface area is 230 Å². The van der Waals surface area contributed by atoms with Crippen molar-refractivity contribution >= 4 is 11.9 Å². The van der Waals surface area contributed by atoms with E-state index in [0.717, 1.165) is 29.7 Å². The molecular formula is C31H38O8. The standard InChI is InChI=1S/C31H38O8/c1-6-23-17-27(23)28-18-25(9-12-29(28)37-14-16-39-31(33)22(3)20-35-5)24-7-10-26(11-8-24)36-13-15-38-30(32)21(2)19-34-4/h7-12,18,23,27H,2-3,6,13-17,19-20H2,1,4-5H3. The zero-order chi connectivity index (χ0) is 28.2. The fourth-order valence-corrected chi connectivity index (χ4v) is 4.22. The molecule has 0 N–H and O–H groups in total. The van der Waals surface area contributed by atoms with Crippen LogP contribution in [0.15, 0.2) is 66.8 Å². The van der Waals surface area contributed by atoms with E-state index in [-0.39, 0.29) is 50.8 Å². The van der Waals surface area contributed by atoms with Crippen molar-refractivity contribution in [3.8, 4) is 22.6 Å². The topological polar surface area (TPSA) is 89.5 Å². The average molecular weight is 539 g/mol. The Balaban J connectivity index is 1.56. The van der Waals surface area contributed by atoms with Gasteiger partial charge in [0.05, 0.1) is 24.4 Å². The molecule has 0 spiro atoms. The summed E-state index contributed by atoms with van der Waals surface area (Å²) in [5, 5.41) is 0. The highest BCUT2D eigenvalue weighted by molar-refractivity contribution is 5.88. The second kappa shape index (κ2) is 15.1. The van der Waals surface area contributed by atoms with Gasteiger partial charge in [0, 0.05) is 14.2 Å². The van der Waals surface area contributed by atoms with E-state index < -0.39 is 11.9 Å². The largest absolute Gasteiger partial charge is 0.490 e. The molecular weight excluding hydrogens is 500 g/mol. The quantitative estimate of drug-likeness (QED) is 0.156. The first-order chi connectivity index (χ1) is 18.9. The zero-order valence-electron chi connectivity index (χ0n) is 23.0. The molecule has 0 aromatic heterocycles. The molecule has 0 heterocycles. The first kappa shape index (κ1) is 29.9. The van der Waals surface area contributed by atoms with Crippen molar-refractivity contribution in [1.82, 2.24) is 0 Å². The average Bonchev–Trinajstić information content (AvgIpc) is 3.74. The first-order valence-corrected chi connectivity index (χ1v) is 13.1. The molecule has 2 atom stereocenters. The van der Waals surface area contributed by atoms with Gasteiger partial charge in [-0.2, -0.15) is 0 Å². The van der Waals surface area contributed by atoms with E-state index in [1.165, 1.54) is 19.8 Å². The van der Waals surface area contributed by atoms with E-state index in [9.17, 15) is 9.59 Å². The summed E-state index contributed by atoms with van der Waals surface area (Å²) in [5.41, 5.74) is 3.85. The van der Waals surface area contributed by atoms with Crippen LogP contribution in [0.1, 0.15) is 31.2 Å². The molecule has 0 radical (unpaired) electrons. The summed E-state index contributed by atoms with van der Waals surface area (Å²) < 4.78 is 31.8. The van der Waals surface area contributed by atoms with E-state index in [4.69, 9.17) is 28.4 Å². The lowest BCUT2D eigenvalue weighted by Gasteiger charge is -2.14. The van der Waals surface area contributed by atoms with E-state index in [1.807, 2.05) is 36.4 Å². The van der Waals surface area contributed by atoms with Crippen LogP contribution in [0.25, 0.3) is 11.1 Å². The maximum Gasteiger partial charge on any atom is 0.335 e. The Morgan fingerprint density at radius 1 is 0.795 bits per heavy atom. The molecule has 8 heteroatoms. The number of hydrogen-bond acceptors (Lipinski definition) is 8. The normalized spacial score (nSPS) is 15.8. The van der Waals surface area contributed by atoms with Gasteiger partial charge in [-0.15, -0.1) is 0 Å². The lowest BCUT2D eigenvalue weighted by atomic mass is 9.99. The van der Waals surface area contributed by atoms with Crippen LogP contribution in [-0.2, 0) is 28.5 Å². The van der Waals surface area contributed by atoms with Gasteiger partial charge in [0.15, 0.2) is 0 Å². The minimum atomic E-state index is -0.492. The van der Waals surface area contributed by atoms with Crippen LogP contribution in [0.4, 0.5) is 0 Å². The molecule has 1 fully saturated rings. The Kier molecular flexibility index (Phi) is 11.6. The summed E-state index contributed by atoms with van der Waals surface area (Å²) in [7, 11) is 3.00.